The van der Waals surface area contributed by atoms with Gasteiger partial charge in [-0.3, -0.25) is 9.59 Å². The molecule has 29 heavy (non-hydrogen) atoms. The number of benzene rings is 2. The summed E-state index contributed by atoms with van der Waals surface area (Å²) >= 11 is 6.11. The first kappa shape index (κ1) is 21.1. The van der Waals surface area contributed by atoms with Crippen LogP contribution < -0.4 is 10.1 Å². The topological polar surface area (TPSA) is 67.9 Å². The zero-order valence-electron chi connectivity index (χ0n) is 16.4. The fraction of sp³-hybridized carbons (Fsp3) is 0.364. The molecule has 0 unspecified atom stereocenters. The summed E-state index contributed by atoms with van der Waals surface area (Å²) in [6.45, 7) is 1.81. The van der Waals surface area contributed by atoms with Crippen LogP contribution in [0.5, 0.6) is 5.75 Å². The first-order valence-electron chi connectivity index (χ1n) is 9.62. The van der Waals surface area contributed by atoms with Crippen LogP contribution in [0.2, 0.25) is 5.02 Å². The highest BCUT2D eigenvalue weighted by Gasteiger charge is 2.23. The maximum atomic E-state index is 12.3. The average Bonchev–Trinajstić information content (AvgIpc) is 2.74. The zero-order valence-corrected chi connectivity index (χ0v) is 17.2. The summed E-state index contributed by atoms with van der Waals surface area (Å²) in [4.78, 5) is 26.0. The van der Waals surface area contributed by atoms with Gasteiger partial charge in [-0.05, 0) is 35.9 Å². The minimum atomic E-state index is -0.165. The molecule has 0 atom stereocenters. The number of piperidine rings is 1. The second-order valence-electron chi connectivity index (χ2n) is 6.93. The van der Waals surface area contributed by atoms with Crippen molar-refractivity contribution >= 4 is 23.4 Å². The Morgan fingerprint density at radius 1 is 1.10 bits per heavy atom. The molecular weight excluding hydrogens is 392 g/mol. The molecule has 2 aromatic carbocycles. The number of hydrogen-bond acceptors (Lipinski definition) is 4. The van der Waals surface area contributed by atoms with Crippen molar-refractivity contribution in [1.29, 1.82) is 0 Å². The molecule has 0 aromatic heterocycles. The van der Waals surface area contributed by atoms with Gasteiger partial charge >= 0.3 is 0 Å². The molecule has 1 saturated heterocycles. The van der Waals surface area contributed by atoms with E-state index < -0.39 is 0 Å². The van der Waals surface area contributed by atoms with Gasteiger partial charge in [-0.2, -0.15) is 0 Å². The van der Waals surface area contributed by atoms with Crippen LogP contribution >= 0.6 is 11.6 Å². The van der Waals surface area contributed by atoms with Crippen molar-refractivity contribution in [3.8, 4) is 5.75 Å². The molecule has 1 N–H and O–H groups in total. The fourth-order valence-corrected chi connectivity index (χ4v) is 3.44. The van der Waals surface area contributed by atoms with Crippen LogP contribution in [0.25, 0.3) is 0 Å². The number of nitrogens with zero attached hydrogens (tertiary/aromatic N) is 1. The lowest BCUT2D eigenvalue weighted by molar-refractivity contribution is -0.136. The third kappa shape index (κ3) is 5.95. The highest BCUT2D eigenvalue weighted by molar-refractivity contribution is 6.31. The van der Waals surface area contributed by atoms with E-state index >= 15 is 0 Å². The first-order chi connectivity index (χ1) is 14.1. The predicted octanol–water partition coefficient (Wildman–Crippen LogP) is 3.29. The number of hydrogen-bond donors (Lipinski definition) is 1. The quantitative estimate of drug-likeness (QED) is 0.752. The standard InChI is InChI=1S/C22H25ClN2O4/c1-28-15-21(26)25-12-10-19(11-13-25)29-18-8-6-16(7-9-18)22(27)24-14-17-4-2-3-5-20(17)23/h2-9,19H,10-15H2,1H3,(H,24,27). The first-order valence-corrected chi connectivity index (χ1v) is 9.99. The molecule has 1 fully saturated rings. The smallest absolute Gasteiger partial charge is 0.251 e. The van der Waals surface area contributed by atoms with E-state index in [1.165, 1.54) is 7.11 Å². The molecule has 6 nitrogen and oxygen atoms in total. The van der Waals surface area contributed by atoms with Gasteiger partial charge in [-0.1, -0.05) is 29.8 Å². The Morgan fingerprint density at radius 3 is 2.45 bits per heavy atom. The van der Waals surface area contributed by atoms with Crippen molar-refractivity contribution in [2.45, 2.75) is 25.5 Å². The van der Waals surface area contributed by atoms with E-state index in [2.05, 4.69) is 5.32 Å². The second-order valence-corrected chi connectivity index (χ2v) is 7.34. The largest absolute Gasteiger partial charge is 0.490 e. The maximum Gasteiger partial charge on any atom is 0.251 e. The Kier molecular flexibility index (Phi) is 7.49. The van der Waals surface area contributed by atoms with Crippen molar-refractivity contribution in [1.82, 2.24) is 10.2 Å². The Labute approximate surface area is 175 Å². The highest BCUT2D eigenvalue weighted by Crippen LogP contribution is 2.20. The number of rotatable bonds is 7. The molecule has 0 aliphatic carbocycles. The average molecular weight is 417 g/mol. The van der Waals surface area contributed by atoms with Crippen molar-refractivity contribution < 1.29 is 19.1 Å². The van der Waals surface area contributed by atoms with Crippen molar-refractivity contribution in [2.75, 3.05) is 26.8 Å². The Balaban J connectivity index is 1.47. The van der Waals surface area contributed by atoms with Gasteiger partial charge in [0.25, 0.3) is 5.91 Å². The minimum Gasteiger partial charge on any atom is -0.490 e. The number of methoxy groups -OCH3 is 1. The molecule has 0 spiro atoms. The van der Waals surface area contributed by atoms with E-state index in [4.69, 9.17) is 21.1 Å². The molecule has 2 aromatic rings. The number of nitrogens with one attached hydrogen (secondary N) is 1. The number of carbonyl (C=O) groups is 2. The molecule has 0 radical (unpaired) electrons. The Morgan fingerprint density at radius 2 is 1.79 bits per heavy atom. The molecule has 2 amide bonds. The van der Waals surface area contributed by atoms with Gasteiger partial charge in [0.15, 0.2) is 0 Å². The molecule has 1 heterocycles. The van der Waals surface area contributed by atoms with Crippen LogP contribution in [0.15, 0.2) is 48.5 Å². The monoisotopic (exact) mass is 416 g/mol. The predicted molar refractivity (Wildman–Crippen MR) is 111 cm³/mol. The van der Waals surface area contributed by atoms with Crippen LogP contribution in [-0.4, -0.2) is 49.6 Å². The van der Waals surface area contributed by atoms with Gasteiger partial charge < -0.3 is 19.7 Å². The summed E-state index contributed by atoms with van der Waals surface area (Å²) in [6.07, 6.45) is 1.60. The van der Waals surface area contributed by atoms with Gasteiger partial charge in [0, 0.05) is 50.2 Å². The number of ether oxygens (including phenoxy) is 2. The van der Waals surface area contributed by atoms with E-state index in [0.717, 1.165) is 18.4 Å². The molecule has 7 heteroatoms. The number of carbonyl (C=O) groups excluding carboxylic acids is 2. The second kappa shape index (κ2) is 10.3. The SMILES string of the molecule is COCC(=O)N1CCC(Oc2ccc(C(=O)NCc3ccccc3Cl)cc2)CC1. The molecular formula is C22H25ClN2O4. The van der Waals surface area contributed by atoms with Crippen LogP contribution in [0.3, 0.4) is 0 Å². The lowest BCUT2D eigenvalue weighted by Gasteiger charge is -2.32. The fourth-order valence-electron chi connectivity index (χ4n) is 3.23. The van der Waals surface area contributed by atoms with Crippen molar-refractivity contribution in [3.63, 3.8) is 0 Å². The van der Waals surface area contributed by atoms with Crippen LogP contribution in [-0.2, 0) is 16.1 Å². The summed E-state index contributed by atoms with van der Waals surface area (Å²) in [6, 6.07) is 14.5. The summed E-state index contributed by atoms with van der Waals surface area (Å²) < 4.78 is 10.9. The van der Waals surface area contributed by atoms with E-state index in [1.54, 1.807) is 35.2 Å². The van der Waals surface area contributed by atoms with Gasteiger partial charge in [-0.25, -0.2) is 0 Å². The number of amides is 2. The highest BCUT2D eigenvalue weighted by atomic mass is 35.5. The Hall–Kier alpha value is -2.57. The van der Waals surface area contributed by atoms with E-state index in [1.807, 2.05) is 18.2 Å². The molecule has 3 rings (SSSR count). The van der Waals surface area contributed by atoms with E-state index in [9.17, 15) is 9.59 Å². The zero-order chi connectivity index (χ0) is 20.6. The summed E-state index contributed by atoms with van der Waals surface area (Å²) in [7, 11) is 1.52. The van der Waals surface area contributed by atoms with Gasteiger partial charge in [0.05, 0.1) is 0 Å². The summed E-state index contributed by atoms with van der Waals surface area (Å²) in [5.41, 5.74) is 1.43. The van der Waals surface area contributed by atoms with Crippen LogP contribution in [0, 0.1) is 0 Å². The third-order valence-corrected chi connectivity index (χ3v) is 5.25. The normalized spacial score (nSPS) is 14.5. The van der Waals surface area contributed by atoms with Crippen LogP contribution in [0.4, 0.5) is 0 Å². The molecule has 0 saturated carbocycles. The molecule has 1 aliphatic heterocycles. The maximum absolute atomic E-state index is 12.3. The van der Waals surface area contributed by atoms with Crippen molar-refractivity contribution in [3.05, 3.63) is 64.7 Å². The Bertz CT molecular complexity index is 833. The lowest BCUT2D eigenvalue weighted by Crippen LogP contribution is -2.43. The van der Waals surface area contributed by atoms with E-state index in [-0.39, 0.29) is 24.5 Å². The molecule has 154 valence electrons. The third-order valence-electron chi connectivity index (χ3n) is 4.88. The minimum absolute atomic E-state index is 0.0121. The van der Waals surface area contributed by atoms with Gasteiger partial charge in [0.1, 0.15) is 18.5 Å². The van der Waals surface area contributed by atoms with Gasteiger partial charge in [-0.15, -0.1) is 0 Å². The lowest BCUT2D eigenvalue weighted by atomic mass is 10.1. The van der Waals surface area contributed by atoms with Crippen LogP contribution in [0.1, 0.15) is 28.8 Å². The molecule has 0 bridgehead atoms. The number of halogens is 1. The number of likely N-dealkylation sites (tertiary alicyclic amines) is 1. The van der Waals surface area contributed by atoms with E-state index in [0.29, 0.717) is 36.0 Å². The van der Waals surface area contributed by atoms with Gasteiger partial charge in [0.2, 0.25) is 5.91 Å². The summed E-state index contributed by atoms with van der Waals surface area (Å²) in [5, 5.41) is 3.50. The van der Waals surface area contributed by atoms with Crippen molar-refractivity contribution in [2.24, 2.45) is 0 Å². The molecule has 1 aliphatic rings. The summed E-state index contributed by atoms with van der Waals surface area (Å²) in [5.74, 6) is 0.564.